The molecule has 1 aromatic heterocycles. The Bertz CT molecular complexity index is 941. The second kappa shape index (κ2) is 8.40. The molecule has 1 amide bonds. The minimum absolute atomic E-state index is 0.0394. The number of hydrogen-bond acceptors (Lipinski definition) is 4. The Hall–Kier alpha value is -2.26. The summed E-state index contributed by atoms with van der Waals surface area (Å²) >= 11 is 0. The molecule has 0 bridgehead atoms. The minimum atomic E-state index is -3.75. The Morgan fingerprint density at radius 2 is 2.04 bits per heavy atom. The van der Waals surface area contributed by atoms with Crippen molar-refractivity contribution in [2.75, 3.05) is 13.1 Å². The first-order valence-corrected chi connectivity index (χ1v) is 10.8. The highest BCUT2D eigenvalue weighted by Gasteiger charge is 2.33. The van der Waals surface area contributed by atoms with Crippen molar-refractivity contribution in [2.24, 2.45) is 5.92 Å². The molecule has 0 spiro atoms. The van der Waals surface area contributed by atoms with Crippen LogP contribution in [0.15, 0.2) is 35.4 Å². The lowest BCUT2D eigenvalue weighted by atomic mass is 9.99. The second-order valence-electron chi connectivity index (χ2n) is 6.94. The van der Waals surface area contributed by atoms with Gasteiger partial charge in [0.25, 0.3) is 0 Å². The summed E-state index contributed by atoms with van der Waals surface area (Å²) in [5.41, 5.74) is 1.95. The number of nitrogens with one attached hydrogen (secondary N) is 1. The van der Waals surface area contributed by atoms with Crippen LogP contribution in [0.1, 0.15) is 31.0 Å². The van der Waals surface area contributed by atoms with E-state index in [-0.39, 0.29) is 17.3 Å². The first kappa shape index (κ1) is 20.5. The van der Waals surface area contributed by atoms with Crippen LogP contribution in [-0.2, 0) is 27.9 Å². The van der Waals surface area contributed by atoms with Crippen LogP contribution < -0.4 is 5.32 Å². The molecule has 1 atom stereocenters. The van der Waals surface area contributed by atoms with E-state index in [9.17, 15) is 17.6 Å². The van der Waals surface area contributed by atoms with Gasteiger partial charge in [-0.05, 0) is 51.0 Å². The fourth-order valence-electron chi connectivity index (χ4n) is 3.43. The fourth-order valence-corrected chi connectivity index (χ4v) is 4.96. The monoisotopic (exact) mass is 408 g/mol. The predicted molar refractivity (Wildman–Crippen MR) is 102 cm³/mol. The maximum atomic E-state index is 13.1. The molecule has 152 valence electrons. The number of hydrogen-bond donors (Lipinski definition) is 1. The van der Waals surface area contributed by atoms with Crippen LogP contribution in [0.25, 0.3) is 0 Å². The van der Waals surface area contributed by atoms with E-state index < -0.39 is 21.8 Å². The van der Waals surface area contributed by atoms with Gasteiger partial charge in [-0.1, -0.05) is 0 Å². The van der Waals surface area contributed by atoms with Crippen molar-refractivity contribution in [3.8, 4) is 0 Å². The number of piperidine rings is 1. The van der Waals surface area contributed by atoms with Crippen LogP contribution in [-0.4, -0.2) is 41.5 Å². The third kappa shape index (κ3) is 4.25. The van der Waals surface area contributed by atoms with Gasteiger partial charge in [-0.2, -0.15) is 9.40 Å². The highest BCUT2D eigenvalue weighted by atomic mass is 32.2. The topological polar surface area (TPSA) is 84.3 Å². The van der Waals surface area contributed by atoms with Gasteiger partial charge in [-0.15, -0.1) is 0 Å². The average Bonchev–Trinajstić information content (AvgIpc) is 3.06. The van der Waals surface area contributed by atoms with E-state index in [2.05, 4.69) is 10.4 Å². The first-order valence-electron chi connectivity index (χ1n) is 9.37. The van der Waals surface area contributed by atoms with Crippen LogP contribution >= 0.6 is 0 Å². The van der Waals surface area contributed by atoms with Crippen LogP contribution in [0.4, 0.5) is 4.39 Å². The number of rotatable bonds is 6. The van der Waals surface area contributed by atoms with Gasteiger partial charge in [-0.25, -0.2) is 12.8 Å². The largest absolute Gasteiger partial charge is 0.352 e. The lowest BCUT2D eigenvalue weighted by Gasteiger charge is -2.31. The van der Waals surface area contributed by atoms with Gasteiger partial charge in [0.05, 0.1) is 17.0 Å². The molecule has 0 unspecified atom stereocenters. The Balaban J connectivity index is 1.64. The lowest BCUT2D eigenvalue weighted by Crippen LogP contribution is -2.45. The maximum Gasteiger partial charge on any atom is 0.243 e. The number of halogens is 1. The second-order valence-corrected chi connectivity index (χ2v) is 8.88. The first-order chi connectivity index (χ1) is 13.3. The van der Waals surface area contributed by atoms with Gasteiger partial charge in [0.15, 0.2) is 0 Å². The molecule has 9 heteroatoms. The summed E-state index contributed by atoms with van der Waals surface area (Å²) < 4.78 is 41.8. The van der Waals surface area contributed by atoms with E-state index in [0.29, 0.717) is 25.9 Å². The van der Waals surface area contributed by atoms with Crippen LogP contribution in [0.3, 0.4) is 0 Å². The maximum absolute atomic E-state index is 13.1. The van der Waals surface area contributed by atoms with Crippen molar-refractivity contribution >= 4 is 15.9 Å². The van der Waals surface area contributed by atoms with E-state index in [0.717, 1.165) is 29.9 Å². The molecule has 2 aromatic rings. The number of amides is 1. The van der Waals surface area contributed by atoms with Crippen molar-refractivity contribution < 1.29 is 17.6 Å². The van der Waals surface area contributed by atoms with Gasteiger partial charge in [0, 0.05) is 37.4 Å². The summed E-state index contributed by atoms with van der Waals surface area (Å²) in [6.45, 7) is 5.56. The Labute approximate surface area is 164 Å². The molecule has 1 aromatic carbocycles. The molecule has 1 saturated heterocycles. The van der Waals surface area contributed by atoms with E-state index in [1.165, 1.54) is 16.4 Å². The third-order valence-corrected chi connectivity index (χ3v) is 7.04. The molecule has 1 N–H and O–H groups in total. The van der Waals surface area contributed by atoms with Crippen LogP contribution in [0, 0.1) is 18.7 Å². The van der Waals surface area contributed by atoms with Crippen molar-refractivity contribution in [3.05, 3.63) is 47.5 Å². The zero-order valence-electron chi connectivity index (χ0n) is 16.1. The fraction of sp³-hybridized carbons (Fsp3) is 0.474. The molecular formula is C19H25FN4O3S. The summed E-state index contributed by atoms with van der Waals surface area (Å²) in [4.78, 5) is 12.6. The molecule has 3 rings (SSSR count). The molecule has 0 radical (unpaired) electrons. The third-order valence-electron chi connectivity index (χ3n) is 5.16. The van der Waals surface area contributed by atoms with Crippen LogP contribution in [0.2, 0.25) is 0 Å². The van der Waals surface area contributed by atoms with Crippen molar-refractivity contribution in [2.45, 2.75) is 44.7 Å². The van der Waals surface area contributed by atoms with E-state index in [1.807, 2.05) is 18.5 Å². The zero-order chi connectivity index (χ0) is 20.3. The summed E-state index contributed by atoms with van der Waals surface area (Å²) in [5.74, 6) is -1.07. The predicted octanol–water partition coefficient (Wildman–Crippen LogP) is 2.07. The standard InChI is InChI=1S/C19H25FN4O3S/c1-3-24-14(2)16(12-22-24)11-21-19(25)15-5-4-10-23(13-15)28(26,27)18-8-6-17(20)7-9-18/h6-9,12,15H,3-5,10-11,13H2,1-2H3,(H,21,25)/t15-/m0/s1. The number of aryl methyl sites for hydroxylation is 1. The number of sulfonamides is 1. The molecule has 7 nitrogen and oxygen atoms in total. The average molecular weight is 408 g/mol. The molecule has 2 heterocycles. The quantitative estimate of drug-likeness (QED) is 0.793. The van der Waals surface area contributed by atoms with Gasteiger partial charge in [-0.3, -0.25) is 9.48 Å². The molecule has 0 saturated carbocycles. The van der Waals surface area contributed by atoms with E-state index in [1.54, 1.807) is 6.20 Å². The summed E-state index contributed by atoms with van der Waals surface area (Å²) in [6.07, 6.45) is 2.98. The number of carbonyl (C=O) groups excluding carboxylic acids is 1. The molecule has 1 aliphatic heterocycles. The number of benzene rings is 1. The molecule has 0 aliphatic carbocycles. The van der Waals surface area contributed by atoms with Gasteiger partial charge >= 0.3 is 0 Å². The van der Waals surface area contributed by atoms with Crippen molar-refractivity contribution in [1.82, 2.24) is 19.4 Å². The molecule has 1 aliphatic rings. The van der Waals surface area contributed by atoms with Gasteiger partial charge in [0.2, 0.25) is 15.9 Å². The molecule has 1 fully saturated rings. The van der Waals surface area contributed by atoms with Gasteiger partial charge < -0.3 is 5.32 Å². The highest BCUT2D eigenvalue weighted by Crippen LogP contribution is 2.24. The minimum Gasteiger partial charge on any atom is -0.352 e. The highest BCUT2D eigenvalue weighted by molar-refractivity contribution is 7.89. The normalized spacial score (nSPS) is 18.2. The number of aromatic nitrogens is 2. The molecular weight excluding hydrogens is 383 g/mol. The molecule has 28 heavy (non-hydrogen) atoms. The van der Waals surface area contributed by atoms with Crippen molar-refractivity contribution in [1.29, 1.82) is 0 Å². The van der Waals surface area contributed by atoms with E-state index >= 15 is 0 Å². The summed E-state index contributed by atoms with van der Waals surface area (Å²) in [5, 5.41) is 7.16. The van der Waals surface area contributed by atoms with Crippen LogP contribution in [0.5, 0.6) is 0 Å². The van der Waals surface area contributed by atoms with Gasteiger partial charge in [0.1, 0.15) is 5.82 Å². The van der Waals surface area contributed by atoms with E-state index in [4.69, 9.17) is 0 Å². The Morgan fingerprint density at radius 3 is 2.68 bits per heavy atom. The lowest BCUT2D eigenvalue weighted by molar-refractivity contribution is -0.126. The summed E-state index contributed by atoms with van der Waals surface area (Å²) in [7, 11) is -3.75. The Kier molecular flexibility index (Phi) is 6.14. The van der Waals surface area contributed by atoms with Crippen molar-refractivity contribution in [3.63, 3.8) is 0 Å². The smallest absolute Gasteiger partial charge is 0.243 e. The summed E-state index contributed by atoms with van der Waals surface area (Å²) in [6, 6.07) is 4.75. The SMILES string of the molecule is CCn1ncc(CNC(=O)[C@H]2CCCN(S(=O)(=O)c3ccc(F)cc3)C2)c1C. The Morgan fingerprint density at radius 1 is 1.32 bits per heavy atom. The number of carbonyl (C=O) groups is 1. The number of nitrogens with zero attached hydrogens (tertiary/aromatic N) is 3. The zero-order valence-corrected chi connectivity index (χ0v) is 16.9.